The molecule has 0 aliphatic carbocycles. The largest absolute Gasteiger partial charge is 0.392 e. The first kappa shape index (κ1) is 37.7. The predicted octanol–water partition coefficient (Wildman–Crippen LogP) is 8.77. The van der Waals surface area contributed by atoms with E-state index in [2.05, 4.69) is 10.6 Å². The van der Waals surface area contributed by atoms with Crippen molar-refractivity contribution >= 4 is 29.3 Å². The van der Waals surface area contributed by atoms with Gasteiger partial charge in [-0.3, -0.25) is 9.59 Å². The number of amides is 2. The monoisotopic (exact) mass is 748 g/mol. The summed E-state index contributed by atoms with van der Waals surface area (Å²) in [5, 5.41) is 14.5. The first-order valence-corrected chi connectivity index (χ1v) is 17.5. The number of anilines is 1. The Morgan fingerprint density at radius 3 is 2.04 bits per heavy atom. The average Bonchev–Trinajstić information content (AvgIpc) is 3.18. The molecule has 6 rings (SSSR count). The quantitative estimate of drug-likeness (QED) is 0.0541. The molecule has 0 saturated carbocycles. The Bertz CT molecular complexity index is 2070. The number of halogens is 5. The summed E-state index contributed by atoms with van der Waals surface area (Å²) in [6, 6.07) is 29.5. The van der Waals surface area contributed by atoms with Gasteiger partial charge in [0.15, 0.2) is 29.6 Å². The standard InChI is InChI=1S/C40H33F5N2O5S/c1-22(49)47-29-13-15-31(16-14-29)53-21-30-18-32(26-7-5-23(20-48)6-8-26)52-40(51-30)27-11-9-25(10-12-27)28-4-2-3-24(17-28)19-46-39(50)33-34(41)36(43)38(45)37(44)35(33)42/h2-17,30,32,40,48H,18-21H2,1H3,(H,46,50)(H,47,49)/t30-,32+,40+/m1/s1. The Morgan fingerprint density at radius 1 is 0.755 bits per heavy atom. The lowest BCUT2D eigenvalue weighted by Crippen LogP contribution is -2.31. The fourth-order valence-electron chi connectivity index (χ4n) is 5.82. The van der Waals surface area contributed by atoms with E-state index in [1.54, 1.807) is 30.0 Å². The predicted molar refractivity (Wildman–Crippen MR) is 189 cm³/mol. The van der Waals surface area contributed by atoms with Gasteiger partial charge in [-0.25, -0.2) is 22.0 Å². The molecule has 0 radical (unpaired) electrons. The highest BCUT2D eigenvalue weighted by Crippen LogP contribution is 2.40. The number of aliphatic hydroxyl groups is 1. The van der Waals surface area contributed by atoms with Crippen LogP contribution < -0.4 is 10.6 Å². The van der Waals surface area contributed by atoms with Crippen LogP contribution in [0.25, 0.3) is 11.1 Å². The maximum Gasteiger partial charge on any atom is 0.257 e. The zero-order valence-electron chi connectivity index (χ0n) is 28.2. The second-order valence-corrected chi connectivity index (χ2v) is 13.4. The minimum Gasteiger partial charge on any atom is -0.392 e. The van der Waals surface area contributed by atoms with Crippen LogP contribution in [0.5, 0.6) is 0 Å². The van der Waals surface area contributed by atoms with Crippen LogP contribution in [0.1, 0.15) is 58.4 Å². The number of hydrogen-bond donors (Lipinski definition) is 3. The van der Waals surface area contributed by atoms with Crippen molar-refractivity contribution in [1.82, 2.24) is 5.32 Å². The van der Waals surface area contributed by atoms with Crippen molar-refractivity contribution in [1.29, 1.82) is 0 Å². The highest BCUT2D eigenvalue weighted by atomic mass is 32.2. The number of carbonyl (C=O) groups is 2. The van der Waals surface area contributed by atoms with Gasteiger partial charge in [0.2, 0.25) is 11.7 Å². The van der Waals surface area contributed by atoms with Crippen molar-refractivity contribution in [3.63, 3.8) is 0 Å². The lowest BCUT2D eigenvalue weighted by atomic mass is 9.99. The molecule has 1 fully saturated rings. The van der Waals surface area contributed by atoms with Crippen molar-refractivity contribution in [3.05, 3.63) is 154 Å². The van der Waals surface area contributed by atoms with Crippen molar-refractivity contribution in [2.45, 2.75) is 49.9 Å². The maximum atomic E-state index is 14.1. The molecule has 53 heavy (non-hydrogen) atoms. The van der Waals surface area contributed by atoms with E-state index in [9.17, 15) is 36.6 Å². The zero-order chi connectivity index (χ0) is 37.6. The molecule has 7 nitrogen and oxygen atoms in total. The lowest BCUT2D eigenvalue weighted by Gasteiger charge is -2.36. The van der Waals surface area contributed by atoms with Crippen molar-refractivity contribution < 1.29 is 46.1 Å². The third kappa shape index (κ3) is 8.94. The summed E-state index contributed by atoms with van der Waals surface area (Å²) < 4.78 is 81.8. The van der Waals surface area contributed by atoms with E-state index >= 15 is 0 Å². The first-order chi connectivity index (χ1) is 25.5. The van der Waals surface area contributed by atoms with Crippen molar-refractivity contribution in [3.8, 4) is 11.1 Å². The summed E-state index contributed by atoms with van der Waals surface area (Å²) >= 11 is 1.63. The number of benzene rings is 5. The van der Waals surface area contributed by atoms with E-state index in [0.717, 1.165) is 32.7 Å². The van der Waals surface area contributed by atoms with E-state index < -0.39 is 46.8 Å². The van der Waals surface area contributed by atoms with Gasteiger partial charge in [-0.2, -0.15) is 0 Å². The summed E-state index contributed by atoms with van der Waals surface area (Å²) in [4.78, 5) is 24.8. The highest BCUT2D eigenvalue weighted by molar-refractivity contribution is 7.99. The third-order valence-electron chi connectivity index (χ3n) is 8.56. The average molecular weight is 749 g/mol. The second-order valence-electron chi connectivity index (χ2n) is 12.3. The summed E-state index contributed by atoms with van der Waals surface area (Å²) in [5.41, 5.74) is 3.72. The number of aliphatic hydroxyl groups excluding tert-OH is 1. The van der Waals surface area contributed by atoms with Gasteiger partial charge in [-0.15, -0.1) is 11.8 Å². The van der Waals surface area contributed by atoms with E-state index in [4.69, 9.17) is 9.47 Å². The van der Waals surface area contributed by atoms with Crippen LogP contribution >= 0.6 is 11.8 Å². The molecular formula is C40H33F5N2O5S. The molecule has 0 aromatic heterocycles. The van der Waals surface area contributed by atoms with Crippen molar-refractivity contribution in [2.24, 2.45) is 0 Å². The number of hydrogen-bond acceptors (Lipinski definition) is 6. The van der Waals surface area contributed by atoms with Crippen LogP contribution in [0, 0.1) is 29.1 Å². The molecule has 0 spiro atoms. The highest BCUT2D eigenvalue weighted by Gasteiger charge is 2.33. The van der Waals surface area contributed by atoms with Crippen LogP contribution in [0.4, 0.5) is 27.6 Å². The van der Waals surface area contributed by atoms with Gasteiger partial charge in [0.05, 0.1) is 18.8 Å². The lowest BCUT2D eigenvalue weighted by molar-refractivity contribution is -0.245. The van der Waals surface area contributed by atoms with Gasteiger partial charge in [-0.1, -0.05) is 66.7 Å². The molecule has 0 bridgehead atoms. The van der Waals surface area contributed by atoms with Gasteiger partial charge in [-0.05, 0) is 58.1 Å². The maximum absolute atomic E-state index is 14.1. The number of carbonyl (C=O) groups excluding carboxylic acids is 2. The SMILES string of the molecule is CC(=O)Nc1ccc(SC[C@H]2C[C@@H](c3ccc(CO)cc3)O[C@@H](c3ccc(-c4cccc(CNC(=O)c5c(F)c(F)c(F)c(F)c5F)c4)cc3)O2)cc1. The van der Waals surface area contributed by atoms with Gasteiger partial charge in [0.1, 0.15) is 5.56 Å². The number of nitrogens with one attached hydrogen (secondary N) is 2. The Balaban J connectivity index is 1.15. The zero-order valence-corrected chi connectivity index (χ0v) is 29.0. The molecule has 1 aliphatic heterocycles. The molecule has 5 aromatic carbocycles. The summed E-state index contributed by atoms with van der Waals surface area (Å²) in [6.07, 6.45) is -0.576. The van der Waals surface area contributed by atoms with Crippen LogP contribution in [0.15, 0.2) is 102 Å². The second kappa shape index (κ2) is 16.7. The Labute approximate surface area is 306 Å². The molecule has 2 amide bonds. The number of ether oxygens (including phenoxy) is 2. The summed E-state index contributed by atoms with van der Waals surface area (Å²) in [7, 11) is 0. The smallest absolute Gasteiger partial charge is 0.257 e. The molecule has 5 aromatic rings. The van der Waals surface area contributed by atoms with Gasteiger partial charge >= 0.3 is 0 Å². The van der Waals surface area contributed by atoms with E-state index in [1.807, 2.05) is 78.9 Å². The van der Waals surface area contributed by atoms with E-state index in [1.165, 1.54) is 6.92 Å². The van der Waals surface area contributed by atoms with Gasteiger partial charge in [0, 0.05) is 41.8 Å². The molecule has 1 aliphatic rings. The summed E-state index contributed by atoms with van der Waals surface area (Å²) in [6.45, 7) is 1.14. The molecule has 1 heterocycles. The van der Waals surface area contributed by atoms with Gasteiger partial charge < -0.3 is 25.2 Å². The fourth-order valence-corrected chi connectivity index (χ4v) is 6.74. The van der Waals surface area contributed by atoms with Crippen LogP contribution in [-0.2, 0) is 27.4 Å². The van der Waals surface area contributed by atoms with E-state index in [0.29, 0.717) is 23.4 Å². The first-order valence-electron chi connectivity index (χ1n) is 16.5. The molecule has 1 saturated heterocycles. The molecule has 274 valence electrons. The third-order valence-corrected chi connectivity index (χ3v) is 9.70. The Kier molecular flexibility index (Phi) is 11.9. The van der Waals surface area contributed by atoms with E-state index in [-0.39, 0.29) is 31.3 Å². The topological polar surface area (TPSA) is 96.9 Å². The Morgan fingerprint density at radius 2 is 1.40 bits per heavy atom. The molecule has 0 unspecified atom stereocenters. The normalized spacial score (nSPS) is 17.0. The van der Waals surface area contributed by atoms with Crippen LogP contribution in [0.3, 0.4) is 0 Å². The summed E-state index contributed by atoms with van der Waals surface area (Å²) in [5.74, 6) is -12.1. The fraction of sp³-hybridized carbons (Fsp3) is 0.200. The van der Waals surface area contributed by atoms with Crippen molar-refractivity contribution in [2.75, 3.05) is 11.1 Å². The molecule has 13 heteroatoms. The van der Waals surface area contributed by atoms with Crippen LogP contribution in [0.2, 0.25) is 0 Å². The number of thioether (sulfide) groups is 1. The molecular weight excluding hydrogens is 716 g/mol. The minimum atomic E-state index is -2.34. The Hall–Kier alpha value is -5.08. The van der Waals surface area contributed by atoms with Gasteiger partial charge in [0.25, 0.3) is 5.91 Å². The van der Waals surface area contributed by atoms with Crippen LogP contribution in [-0.4, -0.2) is 28.8 Å². The molecule has 3 atom stereocenters. The minimum absolute atomic E-state index is 0.0696. The number of rotatable bonds is 11. The molecule has 3 N–H and O–H groups in total.